The Hall–Kier alpha value is -2.92. The van der Waals surface area contributed by atoms with Gasteiger partial charge in [0.25, 0.3) is 11.8 Å². The molecule has 2 aromatic carbocycles. The molecule has 0 spiro atoms. The molecular weight excluding hydrogens is 352 g/mol. The third-order valence-electron chi connectivity index (χ3n) is 5.37. The van der Waals surface area contributed by atoms with Crippen molar-refractivity contribution in [1.82, 2.24) is 4.90 Å². The van der Waals surface area contributed by atoms with Gasteiger partial charge in [0.05, 0.1) is 18.2 Å². The number of nitrogens with zero attached hydrogens (tertiary/aromatic N) is 2. The number of carbonyl (C=O) groups excluding carboxylic acids is 2. The van der Waals surface area contributed by atoms with Gasteiger partial charge in [-0.3, -0.25) is 14.5 Å². The molecule has 0 aromatic heterocycles. The molecule has 4 rings (SSSR count). The summed E-state index contributed by atoms with van der Waals surface area (Å²) >= 11 is 0. The van der Waals surface area contributed by atoms with Crippen LogP contribution in [0.2, 0.25) is 0 Å². The lowest BCUT2D eigenvalue weighted by Crippen LogP contribution is -2.39. The summed E-state index contributed by atoms with van der Waals surface area (Å²) in [5, 5.41) is 0. The van der Waals surface area contributed by atoms with Gasteiger partial charge in [-0.1, -0.05) is 48.0 Å². The number of ether oxygens (including phenoxy) is 1. The minimum atomic E-state index is -0.262. The quantitative estimate of drug-likeness (QED) is 0.751. The molecule has 144 valence electrons. The van der Waals surface area contributed by atoms with E-state index in [9.17, 15) is 9.59 Å². The Kier molecular flexibility index (Phi) is 5.01. The Morgan fingerprint density at radius 1 is 1.04 bits per heavy atom. The van der Waals surface area contributed by atoms with Crippen molar-refractivity contribution in [1.29, 1.82) is 0 Å². The van der Waals surface area contributed by atoms with E-state index >= 15 is 0 Å². The highest BCUT2D eigenvalue weighted by atomic mass is 16.5. The van der Waals surface area contributed by atoms with E-state index in [1.54, 1.807) is 0 Å². The minimum absolute atomic E-state index is 0.0754. The number of amides is 2. The van der Waals surface area contributed by atoms with Gasteiger partial charge in [-0.2, -0.15) is 0 Å². The first kappa shape index (κ1) is 18.4. The molecule has 0 saturated carbocycles. The summed E-state index contributed by atoms with van der Waals surface area (Å²) in [6, 6.07) is 17.4. The molecule has 2 heterocycles. The maximum Gasteiger partial charge on any atom is 0.278 e. The molecule has 0 radical (unpaired) electrons. The first-order valence-corrected chi connectivity index (χ1v) is 9.64. The summed E-state index contributed by atoms with van der Waals surface area (Å²) in [6.45, 7) is 3.00. The highest BCUT2D eigenvalue weighted by Gasteiger charge is 2.42. The molecule has 1 atom stereocenters. The van der Waals surface area contributed by atoms with Crippen molar-refractivity contribution < 1.29 is 14.3 Å². The highest BCUT2D eigenvalue weighted by molar-refractivity contribution is 6.36. The maximum absolute atomic E-state index is 13.3. The largest absolute Gasteiger partial charge is 0.376 e. The molecule has 1 saturated heterocycles. The average Bonchev–Trinajstić information content (AvgIpc) is 3.31. The predicted octanol–water partition coefficient (Wildman–Crippen LogP) is 3.39. The van der Waals surface area contributed by atoms with Crippen LogP contribution in [0.15, 0.2) is 60.3 Å². The Bertz CT molecular complexity index is 913. The molecule has 1 unspecified atom stereocenters. The van der Waals surface area contributed by atoms with Gasteiger partial charge in [-0.25, -0.2) is 0 Å². The van der Waals surface area contributed by atoms with Gasteiger partial charge in [-0.05, 0) is 37.5 Å². The zero-order chi connectivity index (χ0) is 19.7. The van der Waals surface area contributed by atoms with Crippen LogP contribution in [-0.2, 0) is 14.3 Å². The lowest BCUT2D eigenvalue weighted by molar-refractivity contribution is -0.138. The van der Waals surface area contributed by atoms with Crippen molar-refractivity contribution in [3.63, 3.8) is 0 Å². The van der Waals surface area contributed by atoms with E-state index in [4.69, 9.17) is 4.74 Å². The summed E-state index contributed by atoms with van der Waals surface area (Å²) in [6.07, 6.45) is 1.77. The van der Waals surface area contributed by atoms with E-state index in [2.05, 4.69) is 0 Å². The fourth-order valence-corrected chi connectivity index (χ4v) is 3.79. The van der Waals surface area contributed by atoms with Gasteiger partial charge in [-0.15, -0.1) is 0 Å². The molecule has 2 aromatic rings. The zero-order valence-corrected chi connectivity index (χ0v) is 16.2. The summed E-state index contributed by atoms with van der Waals surface area (Å²) in [4.78, 5) is 29.8. The number of hydrogen-bond donors (Lipinski definition) is 0. The van der Waals surface area contributed by atoms with Crippen LogP contribution in [0.4, 0.5) is 5.69 Å². The molecule has 2 aliphatic heterocycles. The number of para-hydroxylation sites is 1. The van der Waals surface area contributed by atoms with Gasteiger partial charge in [0.1, 0.15) is 5.70 Å². The second-order valence-electron chi connectivity index (χ2n) is 7.34. The van der Waals surface area contributed by atoms with Crippen LogP contribution in [-0.4, -0.2) is 43.0 Å². The second kappa shape index (κ2) is 7.60. The average molecular weight is 376 g/mol. The second-order valence-corrected chi connectivity index (χ2v) is 7.34. The van der Waals surface area contributed by atoms with E-state index in [1.807, 2.05) is 73.5 Å². The predicted molar refractivity (Wildman–Crippen MR) is 109 cm³/mol. The third kappa shape index (κ3) is 3.34. The fraction of sp³-hybridized carbons (Fsp3) is 0.304. The molecule has 0 N–H and O–H groups in total. The van der Waals surface area contributed by atoms with Crippen molar-refractivity contribution in [2.45, 2.75) is 25.9 Å². The number of rotatable bonds is 5. The first-order valence-electron chi connectivity index (χ1n) is 9.64. The Morgan fingerprint density at radius 3 is 2.39 bits per heavy atom. The summed E-state index contributed by atoms with van der Waals surface area (Å²) in [5.74, 6) is -0.510. The minimum Gasteiger partial charge on any atom is -0.376 e. The van der Waals surface area contributed by atoms with E-state index in [-0.39, 0.29) is 17.9 Å². The summed E-state index contributed by atoms with van der Waals surface area (Å²) in [7, 11) is 1.83. The van der Waals surface area contributed by atoms with Crippen LogP contribution in [0.1, 0.15) is 24.0 Å². The van der Waals surface area contributed by atoms with E-state index in [0.29, 0.717) is 24.4 Å². The fourth-order valence-electron chi connectivity index (χ4n) is 3.79. The number of hydrogen-bond acceptors (Lipinski definition) is 4. The lowest BCUT2D eigenvalue weighted by atomic mass is 10.0. The smallest absolute Gasteiger partial charge is 0.278 e. The molecule has 2 amide bonds. The van der Waals surface area contributed by atoms with E-state index < -0.39 is 0 Å². The standard InChI is InChI=1S/C23H24N2O3/c1-16-10-12-17(13-11-16)20-21(24(2)18-7-4-3-5-8-18)23(27)25(22(20)26)15-19-9-6-14-28-19/h3-5,7-8,10-13,19H,6,9,14-15H2,1-2H3. The van der Waals surface area contributed by atoms with Crippen molar-refractivity contribution >= 4 is 23.1 Å². The van der Waals surface area contributed by atoms with Crippen molar-refractivity contribution in [3.8, 4) is 0 Å². The highest BCUT2D eigenvalue weighted by Crippen LogP contribution is 2.34. The molecular formula is C23H24N2O3. The molecule has 2 aliphatic rings. The van der Waals surface area contributed by atoms with Crippen LogP contribution in [0.25, 0.3) is 5.57 Å². The van der Waals surface area contributed by atoms with E-state index in [0.717, 1.165) is 29.7 Å². The SMILES string of the molecule is Cc1ccc(C2=C(N(C)c3ccccc3)C(=O)N(CC3CCCO3)C2=O)cc1. The lowest BCUT2D eigenvalue weighted by Gasteiger charge is -2.22. The van der Waals surface area contributed by atoms with Crippen LogP contribution >= 0.6 is 0 Å². The molecule has 0 aliphatic carbocycles. The van der Waals surface area contributed by atoms with Gasteiger partial charge in [0.2, 0.25) is 0 Å². The Labute approximate surface area is 165 Å². The zero-order valence-electron chi connectivity index (χ0n) is 16.2. The number of likely N-dealkylation sites (N-methyl/N-ethyl adjacent to an activating group) is 1. The van der Waals surface area contributed by atoms with Crippen molar-refractivity contribution in [3.05, 3.63) is 71.4 Å². The topological polar surface area (TPSA) is 49.9 Å². The van der Waals surface area contributed by atoms with E-state index in [1.165, 1.54) is 4.90 Å². The molecule has 5 heteroatoms. The number of benzene rings is 2. The first-order chi connectivity index (χ1) is 13.6. The molecule has 0 bridgehead atoms. The monoisotopic (exact) mass is 376 g/mol. The van der Waals surface area contributed by atoms with Crippen molar-refractivity contribution in [2.24, 2.45) is 0 Å². The Balaban J connectivity index is 1.76. The van der Waals surface area contributed by atoms with Gasteiger partial charge in [0.15, 0.2) is 0 Å². The molecule has 1 fully saturated rings. The number of carbonyl (C=O) groups is 2. The summed E-state index contributed by atoms with van der Waals surface area (Å²) < 4.78 is 5.67. The van der Waals surface area contributed by atoms with Crippen LogP contribution in [0, 0.1) is 6.92 Å². The molecule has 28 heavy (non-hydrogen) atoms. The van der Waals surface area contributed by atoms with Gasteiger partial charge in [0, 0.05) is 19.3 Å². The van der Waals surface area contributed by atoms with Gasteiger partial charge >= 0.3 is 0 Å². The number of anilines is 1. The normalized spacial score (nSPS) is 19.6. The number of aryl methyl sites for hydroxylation is 1. The number of imide groups is 1. The maximum atomic E-state index is 13.3. The van der Waals surface area contributed by atoms with Crippen LogP contribution in [0.3, 0.4) is 0 Å². The third-order valence-corrected chi connectivity index (χ3v) is 5.37. The van der Waals surface area contributed by atoms with Crippen LogP contribution in [0.5, 0.6) is 0 Å². The van der Waals surface area contributed by atoms with Crippen molar-refractivity contribution in [2.75, 3.05) is 25.1 Å². The van der Waals surface area contributed by atoms with Crippen LogP contribution < -0.4 is 4.90 Å². The Morgan fingerprint density at radius 2 is 1.75 bits per heavy atom. The summed E-state index contributed by atoms with van der Waals surface area (Å²) in [5.41, 5.74) is 3.60. The molecule has 5 nitrogen and oxygen atoms in total. The van der Waals surface area contributed by atoms with Gasteiger partial charge < -0.3 is 9.64 Å².